The lowest BCUT2D eigenvalue weighted by atomic mass is 9.97. The molecule has 0 aliphatic carbocycles. The van der Waals surface area contributed by atoms with E-state index in [1.807, 2.05) is 24.3 Å². The summed E-state index contributed by atoms with van der Waals surface area (Å²) in [6, 6.07) is 12.3. The maximum absolute atomic E-state index is 12.5. The Hall–Kier alpha value is -2.04. The Morgan fingerprint density at radius 2 is 1.65 bits per heavy atom. The van der Waals surface area contributed by atoms with Gasteiger partial charge in [-0.15, -0.1) is 0 Å². The van der Waals surface area contributed by atoms with Gasteiger partial charge >= 0.3 is 5.97 Å². The Labute approximate surface area is 163 Å². The molecule has 0 bridgehead atoms. The Bertz CT molecular complexity index is 787. The fourth-order valence-electron chi connectivity index (χ4n) is 2.46. The number of para-hydroxylation sites is 1. The van der Waals surface area contributed by atoms with Gasteiger partial charge in [-0.3, -0.25) is 4.79 Å². The van der Waals surface area contributed by atoms with Crippen molar-refractivity contribution in [1.29, 1.82) is 0 Å². The number of carbonyl (C=O) groups excluding carboxylic acids is 2. The van der Waals surface area contributed by atoms with E-state index < -0.39 is 18.0 Å². The molecule has 0 aliphatic heterocycles. The van der Waals surface area contributed by atoms with Crippen LogP contribution in [0.5, 0.6) is 0 Å². The van der Waals surface area contributed by atoms with Crippen molar-refractivity contribution in [2.45, 2.75) is 39.2 Å². The summed E-state index contributed by atoms with van der Waals surface area (Å²) in [4.78, 5) is 24.8. The highest BCUT2D eigenvalue weighted by atomic mass is 35.5. The number of esters is 1. The van der Waals surface area contributed by atoms with E-state index in [4.69, 9.17) is 27.9 Å². The number of hydrogen-bond donors (Lipinski definition) is 1. The molecule has 0 aromatic heterocycles. The molecule has 0 saturated heterocycles. The third-order valence-corrected chi connectivity index (χ3v) is 4.81. The van der Waals surface area contributed by atoms with Crippen LogP contribution in [0.25, 0.3) is 0 Å². The van der Waals surface area contributed by atoms with Gasteiger partial charge in [0, 0.05) is 5.69 Å². The zero-order chi connectivity index (χ0) is 19.3. The average molecular weight is 394 g/mol. The maximum atomic E-state index is 12.5. The van der Waals surface area contributed by atoms with E-state index in [0.717, 1.165) is 12.0 Å². The minimum Gasteiger partial charge on any atom is -0.449 e. The zero-order valence-corrected chi connectivity index (χ0v) is 16.4. The molecule has 2 aromatic carbocycles. The lowest BCUT2D eigenvalue weighted by Crippen LogP contribution is -2.30. The fourth-order valence-corrected chi connectivity index (χ4v) is 3.01. The van der Waals surface area contributed by atoms with Crippen LogP contribution in [0.4, 0.5) is 5.69 Å². The van der Waals surface area contributed by atoms with Gasteiger partial charge in [0.25, 0.3) is 5.91 Å². The van der Waals surface area contributed by atoms with Crippen molar-refractivity contribution in [2.24, 2.45) is 0 Å². The topological polar surface area (TPSA) is 55.4 Å². The molecule has 0 saturated carbocycles. The van der Waals surface area contributed by atoms with E-state index in [9.17, 15) is 9.59 Å². The van der Waals surface area contributed by atoms with Crippen LogP contribution in [0.15, 0.2) is 42.5 Å². The van der Waals surface area contributed by atoms with Gasteiger partial charge in [0.1, 0.15) is 0 Å². The van der Waals surface area contributed by atoms with Crippen molar-refractivity contribution in [2.75, 3.05) is 5.32 Å². The SMILES string of the molecule is CCC(C)c1ccccc1NC(=O)C(C)OC(=O)c1c(Cl)cccc1Cl. The van der Waals surface area contributed by atoms with Gasteiger partial charge in [0.15, 0.2) is 6.10 Å². The summed E-state index contributed by atoms with van der Waals surface area (Å²) in [5, 5.41) is 3.19. The van der Waals surface area contributed by atoms with Crippen molar-refractivity contribution in [3.05, 3.63) is 63.6 Å². The minimum atomic E-state index is -1.00. The van der Waals surface area contributed by atoms with E-state index in [-0.39, 0.29) is 15.6 Å². The Morgan fingerprint density at radius 1 is 1.04 bits per heavy atom. The number of benzene rings is 2. The first-order chi connectivity index (χ1) is 12.3. The molecule has 26 heavy (non-hydrogen) atoms. The maximum Gasteiger partial charge on any atom is 0.341 e. The molecule has 1 amide bonds. The molecular formula is C20H21Cl2NO3. The molecule has 0 heterocycles. The monoisotopic (exact) mass is 393 g/mol. The Balaban J connectivity index is 2.10. The molecule has 0 aliphatic rings. The summed E-state index contributed by atoms with van der Waals surface area (Å²) in [6.07, 6.45) is -0.0533. The first-order valence-corrected chi connectivity index (χ1v) is 9.15. The molecule has 2 aromatic rings. The molecule has 0 spiro atoms. The van der Waals surface area contributed by atoms with Crippen molar-refractivity contribution >= 4 is 40.8 Å². The van der Waals surface area contributed by atoms with Crippen LogP contribution in [0.2, 0.25) is 10.0 Å². The first-order valence-electron chi connectivity index (χ1n) is 8.39. The smallest absolute Gasteiger partial charge is 0.341 e. The van der Waals surface area contributed by atoms with Gasteiger partial charge in [-0.1, -0.05) is 61.3 Å². The predicted molar refractivity (Wildman–Crippen MR) is 105 cm³/mol. The van der Waals surface area contributed by atoms with Gasteiger partial charge < -0.3 is 10.1 Å². The normalized spacial score (nSPS) is 13.0. The molecule has 2 atom stereocenters. The van der Waals surface area contributed by atoms with E-state index >= 15 is 0 Å². The lowest BCUT2D eigenvalue weighted by molar-refractivity contribution is -0.123. The van der Waals surface area contributed by atoms with Crippen LogP contribution in [-0.2, 0) is 9.53 Å². The molecule has 0 radical (unpaired) electrons. The van der Waals surface area contributed by atoms with E-state index in [1.54, 1.807) is 6.07 Å². The molecule has 0 fully saturated rings. The highest BCUT2D eigenvalue weighted by Crippen LogP contribution is 2.27. The van der Waals surface area contributed by atoms with E-state index in [2.05, 4.69) is 19.2 Å². The van der Waals surface area contributed by atoms with Crippen molar-refractivity contribution in [1.82, 2.24) is 0 Å². The molecule has 4 nitrogen and oxygen atoms in total. The minimum absolute atomic E-state index is 0.0514. The average Bonchev–Trinajstić information content (AvgIpc) is 2.61. The van der Waals surface area contributed by atoms with Crippen molar-refractivity contribution < 1.29 is 14.3 Å². The van der Waals surface area contributed by atoms with Gasteiger partial charge in [0.2, 0.25) is 0 Å². The number of hydrogen-bond acceptors (Lipinski definition) is 3. The van der Waals surface area contributed by atoms with Crippen LogP contribution < -0.4 is 5.32 Å². The molecular weight excluding hydrogens is 373 g/mol. The quantitative estimate of drug-likeness (QED) is 0.641. The van der Waals surface area contributed by atoms with Crippen molar-refractivity contribution in [3.8, 4) is 0 Å². The summed E-state index contributed by atoms with van der Waals surface area (Å²) in [7, 11) is 0. The summed E-state index contributed by atoms with van der Waals surface area (Å²) in [6.45, 7) is 5.68. The van der Waals surface area contributed by atoms with Gasteiger partial charge in [-0.2, -0.15) is 0 Å². The van der Waals surface area contributed by atoms with E-state index in [1.165, 1.54) is 19.1 Å². The number of nitrogens with one attached hydrogen (secondary N) is 1. The standard InChI is InChI=1S/C20H21Cl2NO3/c1-4-12(2)14-8-5-6-11-17(14)23-19(24)13(3)26-20(25)18-15(21)9-7-10-16(18)22/h5-13H,4H2,1-3H3,(H,23,24). The lowest BCUT2D eigenvalue weighted by Gasteiger charge is -2.18. The fraction of sp³-hybridized carbons (Fsp3) is 0.300. The number of amides is 1. The van der Waals surface area contributed by atoms with Crippen LogP contribution in [0.3, 0.4) is 0 Å². The second kappa shape index (κ2) is 9.06. The second-order valence-corrected chi connectivity index (χ2v) is 6.84. The summed E-state index contributed by atoms with van der Waals surface area (Å²) < 4.78 is 5.24. The highest BCUT2D eigenvalue weighted by molar-refractivity contribution is 6.39. The second-order valence-electron chi connectivity index (χ2n) is 6.03. The van der Waals surface area contributed by atoms with Crippen molar-refractivity contribution in [3.63, 3.8) is 0 Å². The molecule has 6 heteroatoms. The predicted octanol–water partition coefficient (Wildman–Crippen LogP) is 5.69. The highest BCUT2D eigenvalue weighted by Gasteiger charge is 2.23. The van der Waals surface area contributed by atoms with Crippen LogP contribution in [0, 0.1) is 0 Å². The zero-order valence-electron chi connectivity index (χ0n) is 14.9. The van der Waals surface area contributed by atoms with Gasteiger partial charge in [-0.05, 0) is 43.0 Å². The third-order valence-electron chi connectivity index (χ3n) is 4.18. The summed E-state index contributed by atoms with van der Waals surface area (Å²) in [5.41, 5.74) is 1.80. The number of carbonyl (C=O) groups is 2. The van der Waals surface area contributed by atoms with Crippen LogP contribution in [-0.4, -0.2) is 18.0 Å². The molecule has 2 unspecified atom stereocenters. The molecule has 138 valence electrons. The molecule has 1 N–H and O–H groups in total. The largest absolute Gasteiger partial charge is 0.449 e. The van der Waals surface area contributed by atoms with Gasteiger partial charge in [-0.25, -0.2) is 4.79 Å². The van der Waals surface area contributed by atoms with Crippen LogP contribution in [0.1, 0.15) is 49.0 Å². The molecule has 2 rings (SSSR count). The Morgan fingerprint density at radius 3 is 2.27 bits per heavy atom. The third kappa shape index (κ3) is 4.77. The number of rotatable bonds is 6. The number of halogens is 2. The summed E-state index contributed by atoms with van der Waals surface area (Å²) in [5.74, 6) is -0.859. The Kier molecular flexibility index (Phi) is 7.06. The van der Waals surface area contributed by atoms with Gasteiger partial charge in [0.05, 0.1) is 15.6 Å². The number of ether oxygens (including phenoxy) is 1. The number of anilines is 1. The van der Waals surface area contributed by atoms with E-state index in [0.29, 0.717) is 11.6 Å². The first kappa shape index (κ1) is 20.3. The van der Waals surface area contributed by atoms with Crippen LogP contribution >= 0.6 is 23.2 Å². The summed E-state index contributed by atoms with van der Waals surface area (Å²) >= 11 is 12.0.